The SMILES string of the molecule is Cc1cc(Cn2cccn2)c2c(c1)C(C)(c1cc(C(C)(C)C)cc(C3(C)c4cc(C)cc(Cn5cccn5)c4Oc4c(Cn5cccn5)cc(C)cc43)c1)c1cc(C)cc(Cn3cccn3)c1O2. The van der Waals surface area contributed by atoms with Gasteiger partial charge in [0.25, 0.3) is 0 Å². The molecule has 11 rings (SSSR count). The van der Waals surface area contributed by atoms with Gasteiger partial charge in [-0.05, 0) is 87.9 Å². The molecule has 342 valence electrons. The van der Waals surface area contributed by atoms with Gasteiger partial charge in [0.1, 0.15) is 23.0 Å². The van der Waals surface area contributed by atoms with Gasteiger partial charge in [-0.1, -0.05) is 110 Å². The lowest BCUT2D eigenvalue weighted by atomic mass is 9.63. The summed E-state index contributed by atoms with van der Waals surface area (Å²) in [6.45, 7) is 22.9. The monoisotopic (exact) mass is 898 g/mol. The first kappa shape index (κ1) is 43.1. The molecule has 0 bridgehead atoms. The Hall–Kier alpha value is -7.46. The number of benzene rings is 5. The van der Waals surface area contributed by atoms with E-state index in [0.29, 0.717) is 26.2 Å². The maximum Gasteiger partial charge on any atom is 0.136 e. The summed E-state index contributed by atoms with van der Waals surface area (Å²) in [5, 5.41) is 18.6. The topological polar surface area (TPSA) is 89.7 Å². The number of aromatic nitrogens is 8. The smallest absolute Gasteiger partial charge is 0.136 e. The lowest BCUT2D eigenvalue weighted by Gasteiger charge is -2.43. The van der Waals surface area contributed by atoms with Crippen LogP contribution in [0.25, 0.3) is 0 Å². The van der Waals surface area contributed by atoms with Crippen molar-refractivity contribution in [1.82, 2.24) is 39.1 Å². The lowest BCUT2D eigenvalue weighted by molar-refractivity contribution is 0.408. The first-order valence-electron chi connectivity index (χ1n) is 23.6. The maximum atomic E-state index is 7.35. The van der Waals surface area contributed by atoms with E-state index in [0.717, 1.165) is 67.5 Å². The van der Waals surface area contributed by atoms with E-state index in [4.69, 9.17) is 9.47 Å². The largest absolute Gasteiger partial charge is 0.456 e. The van der Waals surface area contributed by atoms with Gasteiger partial charge < -0.3 is 9.47 Å². The molecule has 0 fully saturated rings. The van der Waals surface area contributed by atoms with Crippen molar-refractivity contribution in [3.63, 3.8) is 0 Å². The number of rotatable bonds is 10. The second-order valence-corrected chi connectivity index (χ2v) is 20.5. The van der Waals surface area contributed by atoms with E-state index in [1.807, 2.05) is 92.6 Å². The Balaban J connectivity index is 1.21. The fourth-order valence-corrected chi connectivity index (χ4v) is 10.9. The van der Waals surface area contributed by atoms with Gasteiger partial charge in [-0.2, -0.15) is 20.4 Å². The normalized spacial score (nSPS) is 14.4. The second kappa shape index (κ2) is 16.1. The van der Waals surface area contributed by atoms with Gasteiger partial charge in [-0.15, -0.1) is 0 Å². The highest BCUT2D eigenvalue weighted by Crippen LogP contribution is 2.58. The van der Waals surface area contributed by atoms with Crippen LogP contribution in [-0.2, 0) is 42.4 Å². The van der Waals surface area contributed by atoms with E-state index < -0.39 is 10.8 Å². The minimum atomic E-state index is -0.669. The van der Waals surface area contributed by atoms with Crippen molar-refractivity contribution in [3.05, 3.63) is 224 Å². The summed E-state index contributed by atoms with van der Waals surface area (Å²) >= 11 is 0. The van der Waals surface area contributed by atoms with E-state index in [1.54, 1.807) is 0 Å². The van der Waals surface area contributed by atoms with E-state index in [-0.39, 0.29) is 5.41 Å². The van der Waals surface area contributed by atoms with Crippen molar-refractivity contribution < 1.29 is 9.47 Å². The van der Waals surface area contributed by atoms with Crippen LogP contribution in [0.2, 0.25) is 0 Å². The highest BCUT2D eigenvalue weighted by atomic mass is 16.5. The Morgan fingerprint density at radius 1 is 0.412 bits per heavy atom. The summed E-state index contributed by atoms with van der Waals surface area (Å²) in [5.41, 5.74) is 15.6. The van der Waals surface area contributed by atoms with Crippen LogP contribution in [0, 0.1) is 27.7 Å². The van der Waals surface area contributed by atoms with Gasteiger partial charge in [0.15, 0.2) is 0 Å². The van der Waals surface area contributed by atoms with Crippen LogP contribution >= 0.6 is 0 Å². The zero-order valence-corrected chi connectivity index (χ0v) is 40.5. The predicted octanol–water partition coefficient (Wildman–Crippen LogP) is 12.1. The summed E-state index contributed by atoms with van der Waals surface area (Å²) in [6.07, 6.45) is 15.4. The highest BCUT2D eigenvalue weighted by molar-refractivity contribution is 5.71. The molecule has 2 aliphatic rings. The van der Waals surface area contributed by atoms with Gasteiger partial charge in [0, 0.05) is 105 Å². The predicted molar refractivity (Wildman–Crippen MR) is 266 cm³/mol. The molecule has 0 spiro atoms. The minimum absolute atomic E-state index is 0.212. The quantitative estimate of drug-likeness (QED) is 0.136. The summed E-state index contributed by atoms with van der Waals surface area (Å²) in [4.78, 5) is 0. The molecular weight excluding hydrogens is 841 g/mol. The van der Waals surface area contributed by atoms with Crippen molar-refractivity contribution in [2.45, 2.75) is 105 Å². The lowest BCUT2D eigenvalue weighted by Crippen LogP contribution is -2.34. The third kappa shape index (κ3) is 7.34. The van der Waals surface area contributed by atoms with Crippen molar-refractivity contribution in [3.8, 4) is 23.0 Å². The second-order valence-electron chi connectivity index (χ2n) is 20.5. The Labute approximate surface area is 398 Å². The van der Waals surface area contributed by atoms with Crippen LogP contribution in [0.1, 0.15) is 118 Å². The number of ether oxygens (including phenoxy) is 2. The van der Waals surface area contributed by atoms with Crippen molar-refractivity contribution >= 4 is 0 Å². The summed E-state index contributed by atoms with van der Waals surface area (Å²) in [6, 6.07) is 33.8. The molecule has 0 aliphatic carbocycles. The summed E-state index contributed by atoms with van der Waals surface area (Å²) in [7, 11) is 0. The fourth-order valence-electron chi connectivity index (χ4n) is 10.9. The van der Waals surface area contributed by atoms with E-state index in [1.165, 1.54) is 38.9 Å². The highest BCUT2D eigenvalue weighted by Gasteiger charge is 2.47. The molecule has 0 saturated heterocycles. The molecule has 2 aliphatic heterocycles. The molecule has 68 heavy (non-hydrogen) atoms. The molecule has 6 heterocycles. The number of fused-ring (bicyclic) bond motifs is 4. The molecule has 0 saturated carbocycles. The number of aryl methyl sites for hydroxylation is 4. The Bertz CT molecular complexity index is 2940. The van der Waals surface area contributed by atoms with Crippen molar-refractivity contribution in [2.75, 3.05) is 0 Å². The Kier molecular flexibility index (Phi) is 10.2. The molecule has 10 nitrogen and oxygen atoms in total. The third-order valence-corrected chi connectivity index (χ3v) is 14.3. The molecule has 5 aromatic carbocycles. The summed E-state index contributed by atoms with van der Waals surface area (Å²) < 4.78 is 22.6. The van der Waals surface area contributed by atoms with Crippen LogP contribution in [0.15, 0.2) is 141 Å². The first-order chi connectivity index (χ1) is 32.6. The van der Waals surface area contributed by atoms with Gasteiger partial charge in [0.05, 0.1) is 26.2 Å². The summed E-state index contributed by atoms with van der Waals surface area (Å²) in [5.74, 6) is 3.50. The Morgan fingerprint density at radius 3 is 0.926 bits per heavy atom. The van der Waals surface area contributed by atoms with E-state index in [2.05, 4.69) is 149 Å². The van der Waals surface area contributed by atoms with Gasteiger partial charge in [-0.25, -0.2) is 0 Å². The van der Waals surface area contributed by atoms with Gasteiger partial charge in [-0.3, -0.25) is 18.7 Å². The molecule has 0 unspecified atom stereocenters. The first-order valence-corrected chi connectivity index (χ1v) is 23.6. The minimum Gasteiger partial charge on any atom is -0.456 e. The molecule has 0 amide bonds. The van der Waals surface area contributed by atoms with Crippen LogP contribution < -0.4 is 9.47 Å². The third-order valence-electron chi connectivity index (χ3n) is 14.3. The molecule has 10 heteroatoms. The molecule has 0 radical (unpaired) electrons. The van der Waals surface area contributed by atoms with Crippen molar-refractivity contribution in [1.29, 1.82) is 0 Å². The maximum absolute atomic E-state index is 7.35. The number of hydrogen-bond acceptors (Lipinski definition) is 6. The molecule has 9 aromatic rings. The van der Waals surface area contributed by atoms with Gasteiger partial charge >= 0.3 is 0 Å². The number of nitrogens with zero attached hydrogens (tertiary/aromatic N) is 8. The average molecular weight is 899 g/mol. The molecule has 0 atom stereocenters. The Morgan fingerprint density at radius 2 is 0.691 bits per heavy atom. The van der Waals surface area contributed by atoms with Crippen LogP contribution in [0.4, 0.5) is 0 Å². The average Bonchev–Trinajstić information content (AvgIpc) is 4.16. The zero-order chi connectivity index (χ0) is 47.1. The van der Waals surface area contributed by atoms with Crippen LogP contribution in [0.3, 0.4) is 0 Å². The van der Waals surface area contributed by atoms with Crippen LogP contribution in [-0.4, -0.2) is 39.1 Å². The van der Waals surface area contributed by atoms with Crippen molar-refractivity contribution in [2.24, 2.45) is 0 Å². The van der Waals surface area contributed by atoms with E-state index in [9.17, 15) is 0 Å². The zero-order valence-electron chi connectivity index (χ0n) is 40.5. The fraction of sp³-hybridized carbons (Fsp3) is 0.276. The molecule has 4 aromatic heterocycles. The van der Waals surface area contributed by atoms with E-state index >= 15 is 0 Å². The standard InChI is InChI=1S/C58H58N8O2/c1-37-22-41(33-63-18-10-14-59-63)52-48(26-37)57(8,49-27-38(2)23-42(53(49)67-52)34-64-19-11-15-60-64)46-30-45(56(5,6)7)31-47(32-46)58(9)50-28-39(3)24-43(35-65-20-12-16-61-65)54(50)68-55-44(25-40(4)29-51(55)58)36-66-21-13-17-62-66/h10-32H,33-36H2,1-9H3. The van der Waals surface area contributed by atoms with Crippen LogP contribution in [0.5, 0.6) is 23.0 Å². The number of hydrogen-bond donors (Lipinski definition) is 0. The molecular formula is C58H58N8O2. The van der Waals surface area contributed by atoms with Gasteiger partial charge in [0.2, 0.25) is 0 Å². The molecule has 0 N–H and O–H groups in total.